The fourth-order valence-electron chi connectivity index (χ4n) is 3.38. The molecule has 0 unspecified atom stereocenters. The maximum atomic E-state index is 3.28. The highest BCUT2D eigenvalue weighted by Crippen LogP contribution is 2.28. The Morgan fingerprint density at radius 2 is 0.867 bits per heavy atom. The Bertz CT molecular complexity index is 1090. The average Bonchev–Trinajstić information content (AvgIpc) is 2.80. The Labute approximate surface area is 179 Å². The van der Waals surface area contributed by atoms with E-state index < -0.39 is 0 Å². The quantitative estimate of drug-likeness (QED) is 0.377. The predicted molar refractivity (Wildman–Crippen MR) is 129 cm³/mol. The molecule has 4 aromatic rings. The van der Waals surface area contributed by atoms with E-state index in [1.165, 1.54) is 33.4 Å². The molecule has 0 atom stereocenters. The Hall–Kier alpha value is -3.78. The number of nitrogens with zero attached hydrogens (tertiary/aromatic N) is 1. The number of nitrogens with one attached hydrogen (secondary N) is 1. The molecule has 0 aromatic heterocycles. The summed E-state index contributed by atoms with van der Waals surface area (Å²) >= 11 is 0. The van der Waals surface area contributed by atoms with Crippen LogP contribution in [0.5, 0.6) is 0 Å². The number of benzene rings is 4. The summed E-state index contributed by atoms with van der Waals surface area (Å²) in [6.45, 7) is 0. The summed E-state index contributed by atoms with van der Waals surface area (Å²) in [5, 5.41) is 3.28. The van der Waals surface area contributed by atoms with Crippen molar-refractivity contribution >= 4 is 5.69 Å². The lowest BCUT2D eigenvalue weighted by Gasteiger charge is -2.08. The van der Waals surface area contributed by atoms with Gasteiger partial charge < -0.3 is 10.2 Å². The monoisotopic (exact) mass is 390 g/mol. The zero-order valence-electron chi connectivity index (χ0n) is 17.4. The minimum atomic E-state index is 1.08. The van der Waals surface area contributed by atoms with E-state index in [-0.39, 0.29) is 0 Å². The molecule has 4 rings (SSSR count). The van der Waals surface area contributed by atoms with Gasteiger partial charge in [-0.25, -0.2) is 0 Å². The van der Waals surface area contributed by atoms with Crippen LogP contribution in [0.25, 0.3) is 33.4 Å². The van der Waals surface area contributed by atoms with Crippen molar-refractivity contribution in [3.05, 3.63) is 116 Å². The van der Waals surface area contributed by atoms with Gasteiger partial charge in [-0.05, 0) is 45.5 Å². The molecule has 148 valence electrons. The third-order valence-corrected chi connectivity index (χ3v) is 5.05. The van der Waals surface area contributed by atoms with E-state index in [4.69, 9.17) is 0 Å². The molecule has 0 aliphatic rings. The molecule has 0 radical (unpaired) electrons. The Kier molecular flexibility index (Phi) is 5.95. The highest BCUT2D eigenvalue weighted by Gasteiger charge is 2.02. The van der Waals surface area contributed by atoms with Crippen LogP contribution >= 0.6 is 0 Å². The molecule has 1 N–H and O–H groups in total. The van der Waals surface area contributed by atoms with Crippen LogP contribution < -0.4 is 5.32 Å². The van der Waals surface area contributed by atoms with E-state index in [2.05, 4.69) is 102 Å². The average molecular weight is 391 g/mol. The second-order valence-corrected chi connectivity index (χ2v) is 7.52. The van der Waals surface area contributed by atoms with E-state index in [0.717, 1.165) is 5.69 Å². The smallest absolute Gasteiger partial charge is 0.0380 e. The highest BCUT2D eigenvalue weighted by atomic mass is 15.0. The third-order valence-electron chi connectivity index (χ3n) is 5.05. The van der Waals surface area contributed by atoms with Crippen molar-refractivity contribution in [2.75, 3.05) is 19.4 Å². The van der Waals surface area contributed by atoms with Crippen molar-refractivity contribution in [1.29, 1.82) is 0 Å². The van der Waals surface area contributed by atoms with Crippen LogP contribution in [-0.2, 0) is 0 Å². The first-order valence-corrected chi connectivity index (χ1v) is 10.1. The molecular weight excluding hydrogens is 364 g/mol. The number of rotatable bonds is 6. The van der Waals surface area contributed by atoms with Crippen LogP contribution in [0.3, 0.4) is 0 Å². The summed E-state index contributed by atoms with van der Waals surface area (Å²) in [5.74, 6) is 0. The summed E-state index contributed by atoms with van der Waals surface area (Å²) in [6, 6.07) is 36.5. The molecular formula is C28H26N2. The largest absolute Gasteiger partial charge is 0.382 e. The van der Waals surface area contributed by atoms with E-state index in [1.54, 1.807) is 0 Å². The topological polar surface area (TPSA) is 15.3 Å². The van der Waals surface area contributed by atoms with Crippen molar-refractivity contribution < 1.29 is 0 Å². The summed E-state index contributed by atoms with van der Waals surface area (Å²) in [5.41, 5.74) is 8.45. The van der Waals surface area contributed by atoms with Gasteiger partial charge in [0.15, 0.2) is 0 Å². The first-order chi connectivity index (χ1) is 14.7. The molecule has 0 aliphatic carbocycles. The fraction of sp³-hybridized carbons (Fsp3) is 0.0714. The highest BCUT2D eigenvalue weighted by molar-refractivity contribution is 5.73. The summed E-state index contributed by atoms with van der Waals surface area (Å²) in [4.78, 5) is 2.00. The lowest BCUT2D eigenvalue weighted by molar-refractivity contribution is 0.563. The van der Waals surface area contributed by atoms with Crippen molar-refractivity contribution in [3.8, 4) is 33.4 Å². The van der Waals surface area contributed by atoms with Crippen LogP contribution in [0.1, 0.15) is 0 Å². The van der Waals surface area contributed by atoms with Crippen LogP contribution in [0.4, 0.5) is 5.69 Å². The molecule has 0 heterocycles. The second kappa shape index (κ2) is 9.15. The van der Waals surface area contributed by atoms with Gasteiger partial charge in [0, 0.05) is 32.2 Å². The summed E-state index contributed by atoms with van der Waals surface area (Å²) in [6.07, 6.45) is 3.92. The maximum absolute atomic E-state index is 3.28. The van der Waals surface area contributed by atoms with Crippen molar-refractivity contribution in [2.45, 2.75) is 0 Å². The molecule has 0 saturated heterocycles. The Morgan fingerprint density at radius 1 is 0.500 bits per heavy atom. The van der Waals surface area contributed by atoms with E-state index in [9.17, 15) is 0 Å². The van der Waals surface area contributed by atoms with Gasteiger partial charge in [-0.3, -0.25) is 0 Å². The first-order valence-electron chi connectivity index (χ1n) is 10.1. The number of hydrogen-bond acceptors (Lipinski definition) is 2. The van der Waals surface area contributed by atoms with Crippen LogP contribution in [0.15, 0.2) is 116 Å². The number of anilines is 1. The Balaban J connectivity index is 1.46. The lowest BCUT2D eigenvalue weighted by atomic mass is 9.98. The zero-order chi connectivity index (χ0) is 20.8. The molecule has 0 amide bonds. The number of hydrogen-bond donors (Lipinski definition) is 1. The van der Waals surface area contributed by atoms with Gasteiger partial charge in [0.25, 0.3) is 0 Å². The molecule has 30 heavy (non-hydrogen) atoms. The zero-order valence-corrected chi connectivity index (χ0v) is 17.4. The standard InChI is InChI=1S/C28H26N2/c1-30(2)21-20-29-28-18-16-27(17-19-28)26-14-12-25(13-15-26)24-10-8-23(9-11-24)22-6-4-3-5-7-22/h3-21,29H,1-2H3/b21-20-. The molecule has 0 bridgehead atoms. The van der Waals surface area contributed by atoms with Gasteiger partial charge in [0.05, 0.1) is 0 Å². The molecule has 4 aromatic carbocycles. The third kappa shape index (κ3) is 4.79. The van der Waals surface area contributed by atoms with Crippen molar-refractivity contribution in [2.24, 2.45) is 0 Å². The summed E-state index contributed by atoms with van der Waals surface area (Å²) < 4.78 is 0. The van der Waals surface area contributed by atoms with Crippen LogP contribution in [0, 0.1) is 0 Å². The molecule has 0 aliphatic heterocycles. The minimum absolute atomic E-state index is 1.08. The second-order valence-electron chi connectivity index (χ2n) is 7.52. The molecule has 2 heteroatoms. The van der Waals surface area contributed by atoms with Crippen LogP contribution in [0.2, 0.25) is 0 Å². The maximum Gasteiger partial charge on any atom is 0.0380 e. The lowest BCUT2D eigenvalue weighted by Crippen LogP contribution is -2.01. The normalized spacial score (nSPS) is 10.9. The van der Waals surface area contributed by atoms with Gasteiger partial charge in [0.1, 0.15) is 0 Å². The SMILES string of the molecule is CN(C)/C=C\Nc1ccc(-c2ccc(-c3ccc(-c4ccccc4)cc3)cc2)cc1. The van der Waals surface area contributed by atoms with E-state index in [1.807, 2.05) is 37.5 Å². The molecule has 0 fully saturated rings. The van der Waals surface area contributed by atoms with Gasteiger partial charge in [0.2, 0.25) is 0 Å². The van der Waals surface area contributed by atoms with Gasteiger partial charge in [-0.1, -0.05) is 91.0 Å². The minimum Gasteiger partial charge on any atom is -0.382 e. The van der Waals surface area contributed by atoms with Gasteiger partial charge in [-0.15, -0.1) is 0 Å². The van der Waals surface area contributed by atoms with Gasteiger partial charge >= 0.3 is 0 Å². The Morgan fingerprint density at radius 3 is 1.27 bits per heavy atom. The van der Waals surface area contributed by atoms with Gasteiger partial charge in [-0.2, -0.15) is 0 Å². The van der Waals surface area contributed by atoms with E-state index >= 15 is 0 Å². The summed E-state index contributed by atoms with van der Waals surface area (Å²) in [7, 11) is 4.01. The van der Waals surface area contributed by atoms with Crippen molar-refractivity contribution in [3.63, 3.8) is 0 Å². The first kappa shape index (κ1) is 19.5. The fourth-order valence-corrected chi connectivity index (χ4v) is 3.38. The molecule has 0 saturated carbocycles. The molecule has 2 nitrogen and oxygen atoms in total. The van der Waals surface area contributed by atoms with Crippen LogP contribution in [-0.4, -0.2) is 19.0 Å². The molecule has 0 spiro atoms. The van der Waals surface area contributed by atoms with E-state index in [0.29, 0.717) is 0 Å². The predicted octanol–water partition coefficient (Wildman–Crippen LogP) is 7.13. The van der Waals surface area contributed by atoms with Crippen molar-refractivity contribution in [1.82, 2.24) is 4.90 Å².